The SMILES string of the molecule is CC(C)Oc1cc(F)ccc1-n1nn[nH]c1=O.CC(C)Oc1cc(F)ccc1N=C=O.CC(C)Oc1cc(F)ccc1[N+](=O)[O-]. The molecular formula is C29H31F3N6O7. The molecule has 0 aliphatic carbocycles. The van der Waals surface area contributed by atoms with E-state index in [0.717, 1.165) is 22.9 Å². The normalized spacial score (nSPS) is 10.3. The molecule has 13 nitrogen and oxygen atoms in total. The smallest absolute Gasteiger partial charge is 0.365 e. The Morgan fingerprint density at radius 3 is 1.82 bits per heavy atom. The van der Waals surface area contributed by atoms with Gasteiger partial charge in [0.1, 0.15) is 40.3 Å². The minimum absolute atomic E-state index is 0.0370. The van der Waals surface area contributed by atoms with Gasteiger partial charge in [-0.1, -0.05) is 0 Å². The Morgan fingerprint density at radius 1 is 0.822 bits per heavy atom. The second-order valence-corrected chi connectivity index (χ2v) is 9.71. The predicted octanol–water partition coefficient (Wildman–Crippen LogP) is 5.98. The lowest BCUT2D eigenvalue weighted by atomic mass is 10.3. The van der Waals surface area contributed by atoms with E-state index in [1.54, 1.807) is 41.5 Å². The van der Waals surface area contributed by atoms with Crippen LogP contribution in [0.15, 0.2) is 64.4 Å². The number of aromatic amines is 1. The van der Waals surface area contributed by atoms with Crippen LogP contribution in [0.25, 0.3) is 5.69 Å². The van der Waals surface area contributed by atoms with E-state index < -0.39 is 28.1 Å². The molecule has 16 heteroatoms. The Kier molecular flexibility index (Phi) is 13.5. The number of nitrogens with zero attached hydrogens (tertiary/aromatic N) is 5. The summed E-state index contributed by atoms with van der Waals surface area (Å²) in [6.07, 6.45) is 0.923. The molecular weight excluding hydrogens is 601 g/mol. The highest BCUT2D eigenvalue weighted by Crippen LogP contribution is 2.29. The zero-order chi connectivity index (χ0) is 33.7. The molecule has 0 bridgehead atoms. The molecule has 0 saturated carbocycles. The van der Waals surface area contributed by atoms with Crippen LogP contribution in [-0.2, 0) is 4.79 Å². The number of hydrogen-bond donors (Lipinski definition) is 1. The summed E-state index contributed by atoms with van der Waals surface area (Å²) in [5, 5.41) is 19.6. The van der Waals surface area contributed by atoms with Crippen molar-refractivity contribution in [1.29, 1.82) is 0 Å². The maximum absolute atomic E-state index is 13.1. The summed E-state index contributed by atoms with van der Waals surface area (Å²) in [7, 11) is 0. The predicted molar refractivity (Wildman–Crippen MR) is 156 cm³/mol. The van der Waals surface area contributed by atoms with E-state index in [1.165, 1.54) is 42.5 Å². The van der Waals surface area contributed by atoms with E-state index >= 15 is 0 Å². The Balaban J connectivity index is 0.000000237. The molecule has 0 spiro atoms. The molecule has 0 aliphatic rings. The minimum atomic E-state index is -0.600. The zero-order valence-corrected chi connectivity index (χ0v) is 25.2. The number of rotatable bonds is 9. The number of aromatic nitrogens is 4. The molecule has 45 heavy (non-hydrogen) atoms. The van der Waals surface area contributed by atoms with Crippen LogP contribution >= 0.6 is 0 Å². The number of nitro groups is 1. The molecule has 4 aromatic rings. The number of halogens is 3. The summed E-state index contributed by atoms with van der Waals surface area (Å²) in [5.74, 6) is -0.956. The van der Waals surface area contributed by atoms with E-state index in [0.29, 0.717) is 5.69 Å². The van der Waals surface area contributed by atoms with Crippen molar-refractivity contribution in [2.45, 2.75) is 59.9 Å². The molecule has 1 heterocycles. The number of ether oxygens (including phenoxy) is 3. The molecule has 0 unspecified atom stereocenters. The van der Waals surface area contributed by atoms with E-state index in [2.05, 4.69) is 20.5 Å². The van der Waals surface area contributed by atoms with Crippen molar-refractivity contribution in [3.8, 4) is 22.9 Å². The fourth-order valence-corrected chi connectivity index (χ4v) is 3.33. The summed E-state index contributed by atoms with van der Waals surface area (Å²) in [6.45, 7) is 10.7. The fraction of sp³-hybridized carbons (Fsp3) is 0.310. The molecule has 0 amide bonds. The molecule has 4 rings (SSSR count). The first kappa shape index (κ1) is 35.7. The van der Waals surface area contributed by atoms with E-state index in [1.807, 2.05) is 0 Å². The third-order valence-electron chi connectivity index (χ3n) is 4.92. The summed E-state index contributed by atoms with van der Waals surface area (Å²) in [5.41, 5.74) is -0.0979. The standard InChI is InChI=1S/C10H11FN4O2.C10H10FNO2.C9H10FNO3/c1-6(2)17-9-5-7(11)3-4-8(9)15-10(16)12-13-14-15;1-7(2)14-10-5-8(11)3-4-9(10)12-6-13;1-6(2)14-9-5-7(10)3-4-8(9)11(12)13/h3-6H,1-2H3,(H,12,14,16);3-5,7H,1-2H3;3-6H,1-2H3. The lowest BCUT2D eigenvalue weighted by Gasteiger charge is -2.13. The average molecular weight is 633 g/mol. The first-order valence-corrected chi connectivity index (χ1v) is 13.3. The third kappa shape index (κ3) is 11.6. The number of nitro benzene ring substituents is 1. The summed E-state index contributed by atoms with van der Waals surface area (Å²) < 4.78 is 55.5. The Morgan fingerprint density at radius 2 is 1.31 bits per heavy atom. The summed E-state index contributed by atoms with van der Waals surface area (Å²) in [6, 6.07) is 10.8. The highest BCUT2D eigenvalue weighted by Gasteiger charge is 2.17. The number of nitrogens with one attached hydrogen (secondary N) is 1. The van der Waals surface area contributed by atoms with Gasteiger partial charge in [0, 0.05) is 24.3 Å². The number of hydrogen-bond acceptors (Lipinski definition) is 10. The quantitative estimate of drug-likeness (QED) is 0.101. The van der Waals surface area contributed by atoms with Gasteiger partial charge in [-0.05, 0) is 82.3 Å². The van der Waals surface area contributed by atoms with Gasteiger partial charge in [-0.15, -0.1) is 0 Å². The Labute approximate surface area is 255 Å². The van der Waals surface area contributed by atoms with Crippen LogP contribution in [0.4, 0.5) is 24.5 Å². The Hall–Kier alpha value is -5.50. The van der Waals surface area contributed by atoms with Gasteiger partial charge in [-0.3, -0.25) is 10.1 Å². The maximum Gasteiger partial charge on any atom is 0.365 e. The number of tetrazole rings is 1. The van der Waals surface area contributed by atoms with E-state index in [-0.39, 0.29) is 46.9 Å². The van der Waals surface area contributed by atoms with E-state index in [4.69, 9.17) is 14.2 Å². The first-order valence-electron chi connectivity index (χ1n) is 13.3. The summed E-state index contributed by atoms with van der Waals surface area (Å²) in [4.78, 5) is 34.8. The fourth-order valence-electron chi connectivity index (χ4n) is 3.33. The van der Waals surface area contributed by atoms with Crippen molar-refractivity contribution in [3.05, 3.63) is 92.6 Å². The van der Waals surface area contributed by atoms with Crippen LogP contribution in [0, 0.1) is 27.6 Å². The van der Waals surface area contributed by atoms with Crippen LogP contribution < -0.4 is 19.9 Å². The Bertz CT molecular complexity index is 1630. The van der Waals surface area contributed by atoms with Crippen LogP contribution in [0.2, 0.25) is 0 Å². The number of aliphatic imine (C=N–C) groups is 1. The van der Waals surface area contributed by atoms with Gasteiger partial charge in [0.05, 0.1) is 23.2 Å². The zero-order valence-electron chi connectivity index (χ0n) is 25.2. The van der Waals surface area contributed by atoms with Crippen molar-refractivity contribution in [2.24, 2.45) is 4.99 Å². The van der Waals surface area contributed by atoms with Gasteiger partial charge >= 0.3 is 11.4 Å². The number of H-pyrrole nitrogens is 1. The number of benzene rings is 3. The molecule has 0 fully saturated rings. The van der Waals surface area contributed by atoms with Gasteiger partial charge in [-0.25, -0.2) is 27.9 Å². The molecule has 1 N–H and O–H groups in total. The van der Waals surface area contributed by atoms with Crippen LogP contribution in [-0.4, -0.2) is 49.5 Å². The molecule has 1 aromatic heterocycles. The van der Waals surface area contributed by atoms with Crippen molar-refractivity contribution in [3.63, 3.8) is 0 Å². The number of isocyanates is 1. The lowest BCUT2D eigenvalue weighted by Crippen LogP contribution is -2.18. The van der Waals surface area contributed by atoms with Crippen LogP contribution in [0.1, 0.15) is 41.5 Å². The van der Waals surface area contributed by atoms with Crippen LogP contribution in [0.3, 0.4) is 0 Å². The monoisotopic (exact) mass is 632 g/mol. The minimum Gasteiger partial charge on any atom is -0.489 e. The van der Waals surface area contributed by atoms with Gasteiger partial charge in [0.2, 0.25) is 6.08 Å². The second kappa shape index (κ2) is 17.0. The van der Waals surface area contributed by atoms with Crippen LogP contribution in [0.5, 0.6) is 17.2 Å². The largest absolute Gasteiger partial charge is 0.489 e. The first-order chi connectivity index (χ1) is 21.2. The number of carbonyl (C=O) groups excluding carboxylic acids is 1. The van der Waals surface area contributed by atoms with Gasteiger partial charge in [0.25, 0.3) is 0 Å². The van der Waals surface area contributed by atoms with E-state index in [9.17, 15) is 32.9 Å². The molecule has 3 aromatic carbocycles. The van der Waals surface area contributed by atoms with Gasteiger partial charge in [0.15, 0.2) is 5.75 Å². The lowest BCUT2D eigenvalue weighted by molar-refractivity contribution is -0.386. The average Bonchev–Trinajstić information content (AvgIpc) is 3.35. The molecule has 0 radical (unpaired) electrons. The molecule has 240 valence electrons. The van der Waals surface area contributed by atoms with Crippen molar-refractivity contribution >= 4 is 17.5 Å². The highest BCUT2D eigenvalue weighted by molar-refractivity contribution is 5.57. The van der Waals surface area contributed by atoms with Crippen molar-refractivity contribution < 1.29 is 37.1 Å². The maximum atomic E-state index is 13.1. The third-order valence-corrected chi connectivity index (χ3v) is 4.92. The van der Waals surface area contributed by atoms with Gasteiger partial charge in [-0.2, -0.15) is 9.67 Å². The topological polar surface area (TPSA) is 164 Å². The molecule has 0 saturated heterocycles. The molecule has 0 aliphatic heterocycles. The van der Waals surface area contributed by atoms with Gasteiger partial charge < -0.3 is 14.2 Å². The summed E-state index contributed by atoms with van der Waals surface area (Å²) >= 11 is 0. The highest BCUT2D eigenvalue weighted by atomic mass is 19.1. The molecule has 0 atom stereocenters. The van der Waals surface area contributed by atoms with Crippen molar-refractivity contribution in [1.82, 2.24) is 20.2 Å². The second-order valence-electron chi connectivity index (χ2n) is 9.71. The van der Waals surface area contributed by atoms with Crippen molar-refractivity contribution in [2.75, 3.05) is 0 Å².